The van der Waals surface area contributed by atoms with E-state index >= 15 is 0 Å². The molecule has 0 aliphatic rings. The Bertz CT molecular complexity index is 1180. The molecule has 0 saturated carbocycles. The van der Waals surface area contributed by atoms with Crippen molar-refractivity contribution in [3.63, 3.8) is 0 Å². The van der Waals surface area contributed by atoms with Gasteiger partial charge in [0.05, 0.1) is 17.8 Å². The number of anilines is 2. The smallest absolute Gasteiger partial charge is 0.330 e. The van der Waals surface area contributed by atoms with Crippen LogP contribution in [0.2, 0.25) is 10.2 Å². The minimum atomic E-state index is -0.781. The van der Waals surface area contributed by atoms with Gasteiger partial charge in [-0.25, -0.2) is 4.79 Å². The molecule has 0 fully saturated rings. The number of unbranched alkanes of at least 4 members (excludes halogenated alkanes) is 1. The van der Waals surface area contributed by atoms with Crippen molar-refractivity contribution in [3.8, 4) is 0 Å². The lowest BCUT2D eigenvalue weighted by atomic mass is 10.2. The summed E-state index contributed by atoms with van der Waals surface area (Å²) in [6.07, 6.45) is 2.93. The largest absolute Gasteiger partial charge is 0.467 e. The molecule has 3 rings (SSSR count). The molecule has 0 atom stereocenters. The van der Waals surface area contributed by atoms with Crippen molar-refractivity contribution in [3.05, 3.63) is 66.9 Å². The molecule has 11 heteroatoms. The molecule has 9 nitrogen and oxygen atoms in total. The monoisotopic (exact) mass is 453 g/mol. The molecule has 3 aromatic rings. The van der Waals surface area contributed by atoms with Gasteiger partial charge in [-0.15, -0.1) is 0 Å². The number of H-pyrrole nitrogens is 1. The summed E-state index contributed by atoms with van der Waals surface area (Å²) in [5.41, 5.74) is 4.78. The first-order valence-corrected chi connectivity index (χ1v) is 9.99. The van der Waals surface area contributed by atoms with E-state index in [9.17, 15) is 14.4 Å². The van der Waals surface area contributed by atoms with Crippen LogP contribution in [0.4, 0.5) is 11.5 Å². The molecule has 0 aliphatic carbocycles. The van der Waals surface area contributed by atoms with Gasteiger partial charge in [0.1, 0.15) is 22.4 Å². The minimum absolute atomic E-state index is 0.0918. The molecule has 0 radical (unpaired) electrons. The van der Waals surface area contributed by atoms with Crippen LogP contribution in [0.25, 0.3) is 0 Å². The third kappa shape index (κ3) is 4.03. The van der Waals surface area contributed by atoms with Crippen LogP contribution in [-0.4, -0.2) is 20.0 Å². The number of halogens is 2. The van der Waals surface area contributed by atoms with E-state index in [1.54, 1.807) is 19.2 Å². The molecule has 0 spiro atoms. The van der Waals surface area contributed by atoms with Crippen molar-refractivity contribution in [2.24, 2.45) is 7.05 Å². The van der Waals surface area contributed by atoms with Gasteiger partial charge in [-0.1, -0.05) is 36.5 Å². The topological polar surface area (TPSA) is 119 Å². The fourth-order valence-corrected chi connectivity index (χ4v) is 3.45. The highest BCUT2D eigenvalue weighted by atomic mass is 35.5. The number of nitrogen functional groups attached to an aromatic ring is 1. The number of amides is 1. The van der Waals surface area contributed by atoms with Gasteiger partial charge < -0.3 is 14.7 Å². The van der Waals surface area contributed by atoms with Crippen molar-refractivity contribution in [1.82, 2.24) is 14.1 Å². The molecule has 0 unspecified atom stereocenters. The molecule has 30 heavy (non-hydrogen) atoms. The summed E-state index contributed by atoms with van der Waals surface area (Å²) in [5.74, 6) is -0.274. The Hall–Kier alpha value is -2.91. The Kier molecular flexibility index (Phi) is 6.42. The summed E-state index contributed by atoms with van der Waals surface area (Å²) in [4.78, 5) is 41.8. The second-order valence-electron chi connectivity index (χ2n) is 6.70. The highest BCUT2D eigenvalue weighted by molar-refractivity contribution is 6.42. The standard InChI is InChI=1S/C19H21Cl2N5O4/c1-3-4-7-25-16(22)14(17(27)23-19(25)29)26(10-11-6-5-8-30-11)18(28)13-9-12(20)15(21)24(13)2/h5-6,8-9H,3-4,7,10,22H2,1-2H3,(H,23,27,29). The summed E-state index contributed by atoms with van der Waals surface area (Å²) in [6, 6.07) is 4.71. The van der Waals surface area contributed by atoms with Gasteiger partial charge in [-0.05, 0) is 24.6 Å². The van der Waals surface area contributed by atoms with Gasteiger partial charge in [0, 0.05) is 13.6 Å². The summed E-state index contributed by atoms with van der Waals surface area (Å²) >= 11 is 12.2. The molecular weight excluding hydrogens is 433 g/mol. The Morgan fingerprint density at radius 2 is 2.07 bits per heavy atom. The lowest BCUT2D eigenvalue weighted by Gasteiger charge is -2.24. The van der Waals surface area contributed by atoms with E-state index in [1.165, 1.54) is 21.5 Å². The Morgan fingerprint density at radius 3 is 2.63 bits per heavy atom. The Morgan fingerprint density at radius 1 is 1.33 bits per heavy atom. The highest BCUT2D eigenvalue weighted by Gasteiger charge is 2.29. The fraction of sp³-hybridized carbons (Fsp3) is 0.316. The van der Waals surface area contributed by atoms with E-state index in [-0.39, 0.29) is 33.9 Å². The van der Waals surface area contributed by atoms with E-state index in [0.29, 0.717) is 18.7 Å². The second kappa shape index (κ2) is 8.85. The summed E-state index contributed by atoms with van der Waals surface area (Å²) in [7, 11) is 1.57. The van der Waals surface area contributed by atoms with E-state index in [4.69, 9.17) is 33.4 Å². The predicted molar refractivity (Wildman–Crippen MR) is 115 cm³/mol. The lowest BCUT2D eigenvalue weighted by molar-refractivity contribution is 0.0975. The Balaban J connectivity index is 2.18. The van der Waals surface area contributed by atoms with Gasteiger partial charge in [-0.2, -0.15) is 0 Å². The molecule has 0 aromatic carbocycles. The normalized spacial score (nSPS) is 11.1. The van der Waals surface area contributed by atoms with Gasteiger partial charge >= 0.3 is 5.69 Å². The van der Waals surface area contributed by atoms with Gasteiger partial charge in [-0.3, -0.25) is 24.0 Å². The summed E-state index contributed by atoms with van der Waals surface area (Å²) in [5, 5.41) is 0.364. The maximum absolute atomic E-state index is 13.4. The zero-order valence-corrected chi connectivity index (χ0v) is 18.0. The number of carbonyl (C=O) groups is 1. The molecule has 0 saturated heterocycles. The number of aromatic nitrogens is 3. The number of hydrogen-bond acceptors (Lipinski definition) is 5. The predicted octanol–water partition coefficient (Wildman–Crippen LogP) is 3.00. The van der Waals surface area contributed by atoms with Crippen LogP contribution in [-0.2, 0) is 20.1 Å². The number of hydrogen-bond donors (Lipinski definition) is 2. The van der Waals surface area contributed by atoms with Crippen molar-refractivity contribution in [2.75, 3.05) is 10.6 Å². The van der Waals surface area contributed by atoms with Crippen LogP contribution in [0.5, 0.6) is 0 Å². The third-order valence-corrected chi connectivity index (χ3v) is 5.54. The number of nitrogens with zero attached hydrogens (tertiary/aromatic N) is 3. The molecule has 0 aliphatic heterocycles. The minimum Gasteiger partial charge on any atom is -0.467 e. The maximum Gasteiger partial charge on any atom is 0.330 e. The molecule has 1 amide bonds. The number of rotatable bonds is 7. The van der Waals surface area contributed by atoms with E-state index in [1.807, 2.05) is 6.92 Å². The van der Waals surface area contributed by atoms with Gasteiger partial charge in [0.2, 0.25) is 0 Å². The highest BCUT2D eigenvalue weighted by Crippen LogP contribution is 2.28. The second-order valence-corrected chi connectivity index (χ2v) is 7.46. The molecule has 3 N–H and O–H groups in total. The van der Waals surface area contributed by atoms with E-state index in [2.05, 4.69) is 4.98 Å². The third-order valence-electron chi connectivity index (χ3n) is 4.69. The average molecular weight is 454 g/mol. The summed E-state index contributed by atoms with van der Waals surface area (Å²) < 4.78 is 8.00. The van der Waals surface area contributed by atoms with Crippen LogP contribution >= 0.6 is 23.2 Å². The zero-order valence-electron chi connectivity index (χ0n) is 16.4. The van der Waals surface area contributed by atoms with Crippen LogP contribution in [0, 0.1) is 0 Å². The van der Waals surface area contributed by atoms with E-state index in [0.717, 1.165) is 11.3 Å². The maximum atomic E-state index is 13.4. The van der Waals surface area contributed by atoms with Gasteiger partial charge in [0.25, 0.3) is 11.5 Å². The number of nitrogens with two attached hydrogens (primary N) is 1. The lowest BCUT2D eigenvalue weighted by Crippen LogP contribution is -2.41. The van der Waals surface area contributed by atoms with Crippen LogP contribution in [0.3, 0.4) is 0 Å². The summed E-state index contributed by atoms with van der Waals surface area (Å²) in [6.45, 7) is 2.17. The number of carbonyl (C=O) groups excluding carboxylic acids is 1. The van der Waals surface area contributed by atoms with Crippen LogP contribution < -0.4 is 21.9 Å². The molecule has 3 aromatic heterocycles. The molecule has 160 valence electrons. The van der Waals surface area contributed by atoms with Crippen molar-refractivity contribution in [1.29, 1.82) is 0 Å². The Labute approximate surface area is 181 Å². The fourth-order valence-electron chi connectivity index (χ4n) is 3.07. The number of furan rings is 1. The van der Waals surface area contributed by atoms with Crippen LogP contribution in [0.1, 0.15) is 36.0 Å². The molecule has 3 heterocycles. The van der Waals surface area contributed by atoms with E-state index < -0.39 is 17.2 Å². The van der Waals surface area contributed by atoms with Crippen molar-refractivity contribution in [2.45, 2.75) is 32.9 Å². The molecular formula is C19H21Cl2N5O4. The first-order chi connectivity index (χ1) is 14.3. The van der Waals surface area contributed by atoms with Gasteiger partial charge in [0.15, 0.2) is 5.69 Å². The zero-order chi connectivity index (χ0) is 22.0. The van der Waals surface area contributed by atoms with Crippen molar-refractivity contribution < 1.29 is 9.21 Å². The number of nitrogens with one attached hydrogen (secondary N) is 1. The number of aromatic amines is 1. The first-order valence-electron chi connectivity index (χ1n) is 9.23. The first kappa shape index (κ1) is 21.8. The average Bonchev–Trinajstić information content (AvgIpc) is 3.30. The van der Waals surface area contributed by atoms with Crippen molar-refractivity contribution >= 4 is 40.6 Å². The SMILES string of the molecule is CCCCn1c(N)c(N(Cc2ccco2)C(=O)c2cc(Cl)c(Cl)n2C)c(=O)[nH]c1=O. The molecule has 0 bridgehead atoms. The van der Waals surface area contributed by atoms with Crippen LogP contribution in [0.15, 0.2) is 38.5 Å². The quantitative estimate of drug-likeness (QED) is 0.569.